The molecular formula is C20H28N6O. The summed E-state index contributed by atoms with van der Waals surface area (Å²) in [7, 11) is 1.99. The normalized spacial score (nSPS) is 22.2. The van der Waals surface area contributed by atoms with E-state index in [4.69, 9.17) is 4.98 Å². The van der Waals surface area contributed by atoms with E-state index in [1.807, 2.05) is 24.3 Å². The monoisotopic (exact) mass is 368 g/mol. The Morgan fingerprint density at radius 2 is 2.07 bits per heavy atom. The maximum absolute atomic E-state index is 13.0. The van der Waals surface area contributed by atoms with Crippen molar-refractivity contribution in [3.05, 3.63) is 35.2 Å². The molecule has 1 saturated carbocycles. The lowest BCUT2D eigenvalue weighted by Gasteiger charge is -2.50. The molecule has 1 saturated heterocycles. The number of fused-ring (bicyclic) bond motifs is 2. The van der Waals surface area contributed by atoms with E-state index < -0.39 is 0 Å². The lowest BCUT2D eigenvalue weighted by atomic mass is 9.78. The quantitative estimate of drug-likeness (QED) is 0.896. The molecule has 1 N–H and O–H groups in total. The van der Waals surface area contributed by atoms with Crippen LogP contribution in [0.1, 0.15) is 48.3 Å². The number of hydrogen-bond acceptors (Lipinski definition) is 4. The van der Waals surface area contributed by atoms with Crippen LogP contribution in [0.15, 0.2) is 12.5 Å². The summed E-state index contributed by atoms with van der Waals surface area (Å²) in [6.07, 6.45) is 8.73. The minimum Gasteiger partial charge on any atom is -0.348 e. The summed E-state index contributed by atoms with van der Waals surface area (Å²) in [5, 5.41) is 4.37. The standard InChI is InChI=1S/C20H28N6O/c1-14-16(11-23-24(14)2)12-25-9-6-20(7-10-25)18-17(21-13-22-18)5-8-26(20)19(27)15-3-4-15/h11,13,15H,3-10,12H2,1-2H3,(H,21,22). The second-order valence-electron chi connectivity index (χ2n) is 8.43. The second-order valence-corrected chi connectivity index (χ2v) is 8.43. The van der Waals surface area contributed by atoms with E-state index in [1.54, 1.807) is 0 Å². The summed E-state index contributed by atoms with van der Waals surface area (Å²) in [5.41, 5.74) is 4.66. The summed E-state index contributed by atoms with van der Waals surface area (Å²) in [6, 6.07) is 0. The molecule has 7 nitrogen and oxygen atoms in total. The lowest BCUT2D eigenvalue weighted by molar-refractivity contribution is -0.143. The number of likely N-dealkylation sites (tertiary alicyclic amines) is 1. The van der Waals surface area contributed by atoms with Crippen LogP contribution in [0.3, 0.4) is 0 Å². The second kappa shape index (κ2) is 6.19. The van der Waals surface area contributed by atoms with Gasteiger partial charge >= 0.3 is 0 Å². The summed E-state index contributed by atoms with van der Waals surface area (Å²) in [6.45, 7) is 5.84. The van der Waals surface area contributed by atoms with Gasteiger partial charge in [-0.1, -0.05) is 0 Å². The number of aromatic amines is 1. The SMILES string of the molecule is Cc1c(CN2CCC3(CC2)c2nc[nH]c2CCN3C(=O)C2CC2)cnn1C. The minimum atomic E-state index is -0.215. The first-order valence-electron chi connectivity index (χ1n) is 10.1. The summed E-state index contributed by atoms with van der Waals surface area (Å²) < 4.78 is 1.94. The number of hydrogen-bond donors (Lipinski definition) is 1. The Balaban J connectivity index is 1.38. The molecule has 1 aliphatic carbocycles. The van der Waals surface area contributed by atoms with Crippen LogP contribution < -0.4 is 0 Å². The molecule has 2 aromatic heterocycles. The molecule has 0 bridgehead atoms. The number of amides is 1. The van der Waals surface area contributed by atoms with E-state index in [0.29, 0.717) is 5.91 Å². The number of piperidine rings is 1. The lowest BCUT2D eigenvalue weighted by Crippen LogP contribution is -2.58. The van der Waals surface area contributed by atoms with Gasteiger partial charge in [0.05, 0.1) is 23.8 Å². The number of aryl methyl sites for hydroxylation is 1. The number of aromatic nitrogens is 4. The van der Waals surface area contributed by atoms with E-state index in [-0.39, 0.29) is 11.5 Å². The highest BCUT2D eigenvalue weighted by Crippen LogP contribution is 2.45. The zero-order chi connectivity index (χ0) is 18.6. The molecule has 144 valence electrons. The number of imidazole rings is 1. The first kappa shape index (κ1) is 17.0. The van der Waals surface area contributed by atoms with Crippen molar-refractivity contribution in [1.82, 2.24) is 29.5 Å². The molecule has 5 rings (SSSR count). The van der Waals surface area contributed by atoms with E-state index in [9.17, 15) is 4.79 Å². The summed E-state index contributed by atoms with van der Waals surface area (Å²) >= 11 is 0. The topological polar surface area (TPSA) is 70.1 Å². The van der Waals surface area contributed by atoms with Crippen molar-refractivity contribution < 1.29 is 4.79 Å². The highest BCUT2D eigenvalue weighted by molar-refractivity contribution is 5.82. The van der Waals surface area contributed by atoms with E-state index in [0.717, 1.165) is 64.0 Å². The maximum atomic E-state index is 13.0. The molecule has 0 aromatic carbocycles. The van der Waals surface area contributed by atoms with Crippen LogP contribution >= 0.6 is 0 Å². The van der Waals surface area contributed by atoms with Gasteiger partial charge in [0, 0.05) is 62.5 Å². The summed E-state index contributed by atoms with van der Waals surface area (Å²) in [5.74, 6) is 0.624. The van der Waals surface area contributed by atoms with Gasteiger partial charge in [-0.3, -0.25) is 14.4 Å². The van der Waals surface area contributed by atoms with E-state index in [1.165, 1.54) is 17.0 Å². The molecule has 27 heavy (non-hydrogen) atoms. The largest absolute Gasteiger partial charge is 0.348 e. The predicted molar refractivity (Wildman–Crippen MR) is 101 cm³/mol. The Hall–Kier alpha value is -2.15. The van der Waals surface area contributed by atoms with Crippen molar-refractivity contribution in [3.8, 4) is 0 Å². The maximum Gasteiger partial charge on any atom is 0.226 e. The Morgan fingerprint density at radius 3 is 2.74 bits per heavy atom. The van der Waals surface area contributed by atoms with E-state index in [2.05, 4.69) is 26.8 Å². The Labute approximate surface area is 159 Å². The number of carbonyl (C=O) groups is 1. The molecule has 2 fully saturated rings. The first-order valence-corrected chi connectivity index (χ1v) is 10.1. The third-order valence-corrected chi connectivity index (χ3v) is 6.87. The van der Waals surface area contributed by atoms with Crippen LogP contribution in [0.25, 0.3) is 0 Å². The van der Waals surface area contributed by atoms with E-state index >= 15 is 0 Å². The van der Waals surface area contributed by atoms with Crippen molar-refractivity contribution >= 4 is 5.91 Å². The average molecular weight is 368 g/mol. The third kappa shape index (κ3) is 2.71. The number of nitrogens with zero attached hydrogens (tertiary/aromatic N) is 5. The van der Waals surface area contributed by atoms with Crippen LogP contribution in [-0.2, 0) is 30.3 Å². The average Bonchev–Trinajstić information content (AvgIpc) is 3.34. The number of nitrogens with one attached hydrogen (secondary N) is 1. The first-order chi connectivity index (χ1) is 13.1. The molecule has 1 amide bonds. The highest BCUT2D eigenvalue weighted by atomic mass is 16.2. The van der Waals surface area contributed by atoms with Gasteiger partial charge in [-0.2, -0.15) is 5.10 Å². The molecule has 2 aromatic rings. The van der Waals surface area contributed by atoms with Crippen LogP contribution in [0.4, 0.5) is 0 Å². The van der Waals surface area contributed by atoms with Gasteiger partial charge in [0.2, 0.25) is 5.91 Å². The number of H-pyrrole nitrogens is 1. The van der Waals surface area contributed by atoms with Crippen LogP contribution in [0, 0.1) is 12.8 Å². The molecule has 1 spiro atoms. The van der Waals surface area contributed by atoms with Crippen molar-refractivity contribution in [2.75, 3.05) is 19.6 Å². The molecule has 0 unspecified atom stereocenters. The molecular weight excluding hydrogens is 340 g/mol. The fraction of sp³-hybridized carbons (Fsp3) is 0.650. The molecule has 0 radical (unpaired) electrons. The molecule has 4 heterocycles. The van der Waals surface area contributed by atoms with Crippen molar-refractivity contribution in [3.63, 3.8) is 0 Å². The van der Waals surface area contributed by atoms with Crippen molar-refractivity contribution in [2.24, 2.45) is 13.0 Å². The van der Waals surface area contributed by atoms with Gasteiger partial charge in [0.25, 0.3) is 0 Å². The third-order valence-electron chi connectivity index (χ3n) is 6.87. The Kier molecular flexibility index (Phi) is 3.89. The Bertz CT molecular complexity index is 856. The van der Waals surface area contributed by atoms with Crippen molar-refractivity contribution in [1.29, 1.82) is 0 Å². The van der Waals surface area contributed by atoms with Gasteiger partial charge in [-0.05, 0) is 32.6 Å². The zero-order valence-electron chi connectivity index (χ0n) is 16.2. The fourth-order valence-electron chi connectivity index (χ4n) is 4.88. The molecule has 2 aliphatic heterocycles. The minimum absolute atomic E-state index is 0.215. The van der Waals surface area contributed by atoms with Crippen LogP contribution in [0.2, 0.25) is 0 Å². The van der Waals surface area contributed by atoms with Crippen molar-refractivity contribution in [2.45, 2.75) is 51.1 Å². The fourth-order valence-corrected chi connectivity index (χ4v) is 4.88. The van der Waals surface area contributed by atoms with Gasteiger partial charge in [0.1, 0.15) is 0 Å². The smallest absolute Gasteiger partial charge is 0.226 e. The zero-order valence-corrected chi connectivity index (χ0v) is 16.2. The van der Waals surface area contributed by atoms with Gasteiger partial charge in [-0.15, -0.1) is 0 Å². The highest BCUT2D eigenvalue weighted by Gasteiger charge is 2.50. The van der Waals surface area contributed by atoms with Gasteiger partial charge < -0.3 is 9.88 Å². The number of carbonyl (C=O) groups excluding carboxylic acids is 1. The summed E-state index contributed by atoms with van der Waals surface area (Å²) in [4.78, 5) is 25.8. The van der Waals surface area contributed by atoms with Gasteiger partial charge in [-0.25, -0.2) is 4.98 Å². The Morgan fingerprint density at radius 1 is 1.30 bits per heavy atom. The molecule has 0 atom stereocenters. The van der Waals surface area contributed by atoms with Gasteiger partial charge in [0.15, 0.2) is 0 Å². The molecule has 3 aliphatic rings. The van der Waals surface area contributed by atoms with Crippen LogP contribution in [0.5, 0.6) is 0 Å². The predicted octanol–water partition coefficient (Wildman–Crippen LogP) is 1.74. The molecule has 7 heteroatoms. The van der Waals surface area contributed by atoms with Crippen LogP contribution in [-0.4, -0.2) is 55.1 Å². The number of rotatable bonds is 3.